The van der Waals surface area contributed by atoms with Crippen LogP contribution < -0.4 is 57.1 Å². The van der Waals surface area contributed by atoms with Crippen LogP contribution in [0.5, 0.6) is 0 Å². The Morgan fingerprint density at radius 2 is 1.12 bits per heavy atom. The Hall–Kier alpha value is -0.120. The lowest BCUT2D eigenvalue weighted by Crippen LogP contribution is -3.00. The Balaban J connectivity index is 0.00000264. The van der Waals surface area contributed by atoms with Crippen molar-refractivity contribution in [2.45, 2.75) is 65.5 Å². The van der Waals surface area contributed by atoms with Crippen molar-refractivity contribution in [3.05, 3.63) is 36.4 Å². The van der Waals surface area contributed by atoms with Crippen LogP contribution in [0.1, 0.15) is 51.2 Å². The molecule has 2 aromatic rings. The molecule has 0 fully saturated rings. The van der Waals surface area contributed by atoms with Gasteiger partial charge in [0.25, 0.3) is 11.6 Å². The molecule has 0 N–H and O–H groups in total. The number of hydrogen-bond acceptors (Lipinski definition) is 0. The van der Waals surface area contributed by atoms with E-state index in [1.54, 1.807) is 0 Å². The number of aromatic nitrogens is 4. The van der Waals surface area contributed by atoms with E-state index in [9.17, 15) is 0 Å². The molecule has 0 radical (unpaired) electrons. The molecule has 0 unspecified atom stereocenters. The molecule has 24 heavy (non-hydrogen) atoms. The smallest absolute Gasteiger partial charge is 0.256 e. The summed E-state index contributed by atoms with van der Waals surface area (Å²) in [6.07, 6.45) is 16.2. The third-order valence-electron chi connectivity index (χ3n) is 4.51. The van der Waals surface area contributed by atoms with E-state index in [1.807, 2.05) is 0 Å². The monoisotopic (exact) mass is 558 g/mol. The number of aryl methyl sites for hydroxylation is 4. The van der Waals surface area contributed by atoms with Crippen molar-refractivity contribution in [3.63, 3.8) is 0 Å². The van der Waals surface area contributed by atoms with E-state index in [4.69, 9.17) is 0 Å². The highest BCUT2D eigenvalue weighted by Crippen LogP contribution is 2.05. The van der Waals surface area contributed by atoms with Gasteiger partial charge >= 0.3 is 0 Å². The first-order valence-electron chi connectivity index (χ1n) is 8.74. The van der Waals surface area contributed by atoms with Gasteiger partial charge < -0.3 is 48.0 Å². The predicted octanol–water partition coefficient (Wildman–Crippen LogP) is -3.67. The van der Waals surface area contributed by atoms with Crippen molar-refractivity contribution in [2.24, 2.45) is 14.1 Å². The molecular formula is C18H32I2N4. The van der Waals surface area contributed by atoms with Crippen LogP contribution in [-0.2, 0) is 40.0 Å². The van der Waals surface area contributed by atoms with Crippen LogP contribution >= 0.6 is 0 Å². The van der Waals surface area contributed by atoms with Crippen molar-refractivity contribution in [1.29, 1.82) is 0 Å². The molecule has 4 nitrogen and oxygen atoms in total. The van der Waals surface area contributed by atoms with Gasteiger partial charge in [-0.05, 0) is 12.8 Å². The number of rotatable bonds is 9. The summed E-state index contributed by atoms with van der Waals surface area (Å²) in [5, 5.41) is 0. The molecule has 0 bridgehead atoms. The minimum Gasteiger partial charge on any atom is -1.00 e. The minimum absolute atomic E-state index is 0. The van der Waals surface area contributed by atoms with Gasteiger partial charge in [0.05, 0.1) is 14.1 Å². The second-order valence-corrected chi connectivity index (χ2v) is 6.24. The van der Waals surface area contributed by atoms with Crippen LogP contribution in [0, 0.1) is 0 Å². The summed E-state index contributed by atoms with van der Waals surface area (Å²) in [4.78, 5) is 0. The fourth-order valence-corrected chi connectivity index (χ4v) is 3.04. The first kappa shape index (κ1) is 23.9. The van der Waals surface area contributed by atoms with Crippen LogP contribution in [0.3, 0.4) is 0 Å². The lowest BCUT2D eigenvalue weighted by Gasteiger charge is -2.04. The van der Waals surface area contributed by atoms with Gasteiger partial charge in [0.15, 0.2) is 0 Å². The Bertz CT molecular complexity index is 538. The average Bonchev–Trinajstić information content (AvgIpc) is 3.04. The number of imidazole rings is 2. The minimum atomic E-state index is 0. The Morgan fingerprint density at radius 1 is 0.750 bits per heavy atom. The fourth-order valence-electron chi connectivity index (χ4n) is 3.04. The second kappa shape index (κ2) is 12.3. The van der Waals surface area contributed by atoms with Crippen LogP contribution in [0.15, 0.2) is 24.8 Å². The molecule has 2 aromatic heterocycles. The van der Waals surface area contributed by atoms with Gasteiger partial charge in [-0.15, -0.1) is 0 Å². The Labute approximate surface area is 181 Å². The zero-order valence-electron chi connectivity index (χ0n) is 15.5. The van der Waals surface area contributed by atoms with Crippen molar-refractivity contribution in [3.8, 4) is 0 Å². The van der Waals surface area contributed by atoms with Gasteiger partial charge in [-0.1, -0.05) is 26.7 Å². The second-order valence-electron chi connectivity index (χ2n) is 6.24. The summed E-state index contributed by atoms with van der Waals surface area (Å²) >= 11 is 0. The molecule has 2 rings (SSSR count). The van der Waals surface area contributed by atoms with Gasteiger partial charge in [-0.3, -0.25) is 0 Å². The number of halogens is 2. The largest absolute Gasteiger partial charge is 1.00 e. The van der Waals surface area contributed by atoms with Gasteiger partial charge in [0, 0.05) is 12.8 Å². The number of nitrogens with zero attached hydrogens (tertiary/aromatic N) is 4. The summed E-state index contributed by atoms with van der Waals surface area (Å²) in [5.74, 6) is 2.88. The van der Waals surface area contributed by atoms with Gasteiger partial charge in [-0.25, -0.2) is 18.3 Å². The predicted molar refractivity (Wildman–Crippen MR) is 88.4 cm³/mol. The van der Waals surface area contributed by atoms with E-state index < -0.39 is 0 Å². The molecule has 0 amide bonds. The molecule has 0 atom stereocenters. The number of hydrogen-bond donors (Lipinski definition) is 0. The third kappa shape index (κ3) is 6.31. The van der Waals surface area contributed by atoms with Crippen molar-refractivity contribution >= 4 is 0 Å². The molecule has 0 spiro atoms. The summed E-state index contributed by atoms with van der Waals surface area (Å²) in [5.41, 5.74) is 0. The zero-order chi connectivity index (χ0) is 15.9. The van der Waals surface area contributed by atoms with Crippen LogP contribution in [0.2, 0.25) is 0 Å². The van der Waals surface area contributed by atoms with Crippen molar-refractivity contribution in [1.82, 2.24) is 9.13 Å². The van der Waals surface area contributed by atoms with Crippen molar-refractivity contribution < 1.29 is 57.1 Å². The molecule has 0 aromatic carbocycles. The summed E-state index contributed by atoms with van der Waals surface area (Å²) < 4.78 is 9.37. The summed E-state index contributed by atoms with van der Waals surface area (Å²) in [6.45, 7) is 6.61. The molecule has 0 aliphatic rings. The van der Waals surface area contributed by atoms with E-state index >= 15 is 0 Å². The lowest BCUT2D eigenvalue weighted by molar-refractivity contribution is -0.679. The molecule has 138 valence electrons. The zero-order valence-corrected chi connectivity index (χ0v) is 19.8. The summed E-state index contributed by atoms with van der Waals surface area (Å²) in [6, 6.07) is 0. The topological polar surface area (TPSA) is 17.6 Å². The molecular weight excluding hydrogens is 526 g/mol. The van der Waals surface area contributed by atoms with Gasteiger partial charge in [-0.2, -0.15) is 0 Å². The highest BCUT2D eigenvalue weighted by Gasteiger charge is 2.17. The van der Waals surface area contributed by atoms with E-state index in [0.29, 0.717) is 0 Å². The first-order chi connectivity index (χ1) is 10.7. The number of unbranched alkanes of at least 4 members (excludes halogenated alkanes) is 2. The van der Waals surface area contributed by atoms with Crippen molar-refractivity contribution in [2.75, 3.05) is 0 Å². The first-order valence-corrected chi connectivity index (χ1v) is 8.74. The molecule has 0 saturated carbocycles. The molecule has 6 heteroatoms. The highest BCUT2D eigenvalue weighted by atomic mass is 127. The molecule has 0 saturated heterocycles. The van der Waals surface area contributed by atoms with E-state index in [0.717, 1.165) is 13.1 Å². The van der Waals surface area contributed by atoms with Crippen LogP contribution in [-0.4, -0.2) is 9.13 Å². The molecule has 2 heterocycles. The maximum atomic E-state index is 2.42. The molecule has 0 aliphatic heterocycles. The normalized spacial score (nSPS) is 10.3. The quantitative estimate of drug-likeness (QED) is 0.223. The van der Waals surface area contributed by atoms with E-state index in [-0.39, 0.29) is 48.0 Å². The molecule has 0 aliphatic carbocycles. The van der Waals surface area contributed by atoms with Gasteiger partial charge in [0.1, 0.15) is 37.9 Å². The Kier molecular flexibility index (Phi) is 12.2. The van der Waals surface area contributed by atoms with Crippen LogP contribution in [0.25, 0.3) is 0 Å². The maximum absolute atomic E-state index is 2.42. The van der Waals surface area contributed by atoms with Crippen LogP contribution in [0.4, 0.5) is 0 Å². The lowest BCUT2D eigenvalue weighted by atomic mass is 10.2. The average molecular weight is 558 g/mol. The van der Waals surface area contributed by atoms with Gasteiger partial charge in [0.2, 0.25) is 0 Å². The fraction of sp³-hybridized carbons (Fsp3) is 0.667. The standard InChI is InChI=1S/C18H32N4.2HI/c1-5-7-9-17-19(3)11-13-21(17)15-16-22-14-12-20(4)18(22)10-8-6-2;;/h11-14H,5-10,15-16H2,1-4H3;2*1H/q+2;;/p-2. The highest BCUT2D eigenvalue weighted by molar-refractivity contribution is 4.87. The summed E-state index contributed by atoms with van der Waals surface area (Å²) in [7, 11) is 4.31. The SMILES string of the molecule is CCCCc1n(CCn2cc[n+](C)c2CCCC)cc[n+]1C.[I-].[I-]. The Morgan fingerprint density at radius 3 is 1.46 bits per heavy atom. The van der Waals surface area contributed by atoms with E-state index in [1.165, 1.54) is 50.2 Å². The van der Waals surface area contributed by atoms with E-state index in [2.05, 4.69) is 71.0 Å². The maximum Gasteiger partial charge on any atom is 0.256 e. The third-order valence-corrected chi connectivity index (χ3v) is 4.51.